The van der Waals surface area contributed by atoms with Crippen LogP contribution in [0, 0.1) is 0 Å². The SMILES string of the molecule is NC(=S)Nc1nnc(CCN2CCOCC2)s1. The molecule has 1 aromatic rings. The van der Waals surface area contributed by atoms with E-state index in [0.717, 1.165) is 44.3 Å². The van der Waals surface area contributed by atoms with Crippen LogP contribution in [-0.2, 0) is 11.2 Å². The average Bonchev–Trinajstić information content (AvgIpc) is 2.75. The number of anilines is 1. The molecule has 1 saturated heterocycles. The Morgan fingerprint density at radius 3 is 2.94 bits per heavy atom. The van der Waals surface area contributed by atoms with Gasteiger partial charge < -0.3 is 15.8 Å². The van der Waals surface area contributed by atoms with Crippen LogP contribution in [0.15, 0.2) is 0 Å². The maximum Gasteiger partial charge on any atom is 0.211 e. The Morgan fingerprint density at radius 1 is 1.47 bits per heavy atom. The number of ether oxygens (including phenoxy) is 1. The fourth-order valence-corrected chi connectivity index (χ4v) is 2.49. The van der Waals surface area contributed by atoms with Crippen LogP contribution in [0.4, 0.5) is 5.13 Å². The molecule has 6 nitrogen and oxygen atoms in total. The molecule has 1 aliphatic rings. The zero-order chi connectivity index (χ0) is 12.1. The number of nitrogens with one attached hydrogen (secondary N) is 1. The summed E-state index contributed by atoms with van der Waals surface area (Å²) < 4.78 is 5.29. The average molecular weight is 273 g/mol. The highest BCUT2D eigenvalue weighted by Crippen LogP contribution is 2.15. The van der Waals surface area contributed by atoms with Crippen LogP contribution >= 0.6 is 23.6 Å². The largest absolute Gasteiger partial charge is 0.379 e. The third-order valence-electron chi connectivity index (χ3n) is 2.44. The zero-order valence-corrected chi connectivity index (χ0v) is 11.0. The minimum Gasteiger partial charge on any atom is -0.379 e. The van der Waals surface area contributed by atoms with Gasteiger partial charge >= 0.3 is 0 Å². The van der Waals surface area contributed by atoms with Crippen LogP contribution in [0.5, 0.6) is 0 Å². The zero-order valence-electron chi connectivity index (χ0n) is 9.39. The molecule has 0 saturated carbocycles. The molecule has 0 aliphatic carbocycles. The molecule has 1 aliphatic heterocycles. The molecule has 2 rings (SSSR count). The third-order valence-corrected chi connectivity index (χ3v) is 3.44. The summed E-state index contributed by atoms with van der Waals surface area (Å²) >= 11 is 6.23. The number of thiocarbonyl (C=S) groups is 1. The van der Waals surface area contributed by atoms with E-state index in [9.17, 15) is 0 Å². The van der Waals surface area contributed by atoms with Gasteiger partial charge in [0.25, 0.3) is 0 Å². The number of hydrogen-bond acceptors (Lipinski definition) is 6. The smallest absolute Gasteiger partial charge is 0.211 e. The number of rotatable bonds is 4. The van der Waals surface area contributed by atoms with Crippen molar-refractivity contribution in [2.24, 2.45) is 5.73 Å². The summed E-state index contributed by atoms with van der Waals surface area (Å²) in [6.07, 6.45) is 0.899. The topological polar surface area (TPSA) is 76.3 Å². The Bertz CT molecular complexity index is 377. The summed E-state index contributed by atoms with van der Waals surface area (Å²) in [7, 11) is 0. The van der Waals surface area contributed by atoms with Gasteiger partial charge in [-0.15, -0.1) is 10.2 Å². The second-order valence-corrected chi connectivity index (χ2v) is 5.20. The predicted molar refractivity (Wildman–Crippen MR) is 71.3 cm³/mol. The molecule has 2 heterocycles. The molecule has 94 valence electrons. The first-order chi connectivity index (χ1) is 8.24. The van der Waals surface area contributed by atoms with Gasteiger partial charge in [-0.3, -0.25) is 4.90 Å². The highest BCUT2D eigenvalue weighted by atomic mass is 32.1. The minimum atomic E-state index is 0.223. The van der Waals surface area contributed by atoms with Gasteiger partial charge in [-0.2, -0.15) is 0 Å². The summed E-state index contributed by atoms with van der Waals surface area (Å²) in [4.78, 5) is 2.37. The molecule has 0 atom stereocenters. The molecule has 0 amide bonds. The normalized spacial score (nSPS) is 16.9. The van der Waals surface area contributed by atoms with Crippen LogP contribution in [0.1, 0.15) is 5.01 Å². The Balaban J connectivity index is 1.78. The number of morpholine rings is 1. The van der Waals surface area contributed by atoms with Gasteiger partial charge in [0.15, 0.2) is 5.11 Å². The van der Waals surface area contributed by atoms with Crippen molar-refractivity contribution < 1.29 is 4.74 Å². The lowest BCUT2D eigenvalue weighted by molar-refractivity contribution is 0.0384. The summed E-state index contributed by atoms with van der Waals surface area (Å²) in [5, 5.41) is 12.7. The molecule has 3 N–H and O–H groups in total. The lowest BCUT2D eigenvalue weighted by Gasteiger charge is -2.25. The fourth-order valence-electron chi connectivity index (χ4n) is 1.59. The Hall–Kier alpha value is -0.830. The van der Waals surface area contributed by atoms with Gasteiger partial charge in [0.1, 0.15) is 5.01 Å². The van der Waals surface area contributed by atoms with Crippen molar-refractivity contribution in [1.29, 1.82) is 0 Å². The van der Waals surface area contributed by atoms with Gasteiger partial charge in [-0.1, -0.05) is 11.3 Å². The van der Waals surface area contributed by atoms with Crippen LogP contribution in [0.2, 0.25) is 0 Å². The standard InChI is InChI=1S/C9H15N5OS2/c10-8(16)11-9-13-12-7(17-9)1-2-14-3-5-15-6-4-14/h1-6H2,(H3,10,11,13,16). The van der Waals surface area contributed by atoms with Gasteiger partial charge in [0, 0.05) is 26.1 Å². The summed E-state index contributed by atoms with van der Waals surface area (Å²) in [5.74, 6) is 0. The number of nitrogens with two attached hydrogens (primary N) is 1. The number of nitrogens with zero attached hydrogens (tertiary/aromatic N) is 3. The molecule has 8 heteroatoms. The van der Waals surface area contributed by atoms with Crippen molar-refractivity contribution in [3.63, 3.8) is 0 Å². The van der Waals surface area contributed by atoms with Crippen molar-refractivity contribution in [2.45, 2.75) is 6.42 Å². The first-order valence-electron chi connectivity index (χ1n) is 5.43. The maximum absolute atomic E-state index is 5.36. The van der Waals surface area contributed by atoms with Crippen LogP contribution in [0.3, 0.4) is 0 Å². The monoisotopic (exact) mass is 273 g/mol. The second-order valence-electron chi connectivity index (χ2n) is 3.69. The minimum absolute atomic E-state index is 0.223. The van der Waals surface area contributed by atoms with E-state index in [4.69, 9.17) is 22.7 Å². The van der Waals surface area contributed by atoms with Crippen molar-refractivity contribution in [3.05, 3.63) is 5.01 Å². The lowest BCUT2D eigenvalue weighted by atomic mass is 10.3. The van der Waals surface area contributed by atoms with Gasteiger partial charge in [0.2, 0.25) is 5.13 Å². The van der Waals surface area contributed by atoms with E-state index in [0.29, 0.717) is 5.13 Å². The fraction of sp³-hybridized carbons (Fsp3) is 0.667. The van der Waals surface area contributed by atoms with E-state index in [-0.39, 0.29) is 5.11 Å². The van der Waals surface area contributed by atoms with Gasteiger partial charge in [-0.25, -0.2) is 0 Å². The lowest BCUT2D eigenvalue weighted by Crippen LogP contribution is -2.37. The van der Waals surface area contributed by atoms with E-state index in [1.165, 1.54) is 11.3 Å². The second kappa shape index (κ2) is 6.20. The van der Waals surface area contributed by atoms with E-state index in [1.54, 1.807) is 0 Å². The molecular weight excluding hydrogens is 258 g/mol. The first-order valence-corrected chi connectivity index (χ1v) is 6.65. The Labute approximate surface area is 109 Å². The summed E-state index contributed by atoms with van der Waals surface area (Å²) in [6, 6.07) is 0. The van der Waals surface area contributed by atoms with Crippen molar-refractivity contribution >= 4 is 33.8 Å². The predicted octanol–water partition coefficient (Wildman–Crippen LogP) is 0.0683. The van der Waals surface area contributed by atoms with Crippen LogP contribution in [-0.4, -0.2) is 53.1 Å². The Morgan fingerprint density at radius 2 is 2.24 bits per heavy atom. The van der Waals surface area contributed by atoms with Crippen molar-refractivity contribution in [3.8, 4) is 0 Å². The van der Waals surface area contributed by atoms with E-state index < -0.39 is 0 Å². The molecular formula is C9H15N5OS2. The van der Waals surface area contributed by atoms with Crippen molar-refractivity contribution in [2.75, 3.05) is 38.2 Å². The molecule has 0 radical (unpaired) electrons. The Kier molecular flexibility index (Phi) is 4.60. The molecule has 0 bridgehead atoms. The molecule has 0 spiro atoms. The molecule has 0 aromatic carbocycles. The van der Waals surface area contributed by atoms with Gasteiger partial charge in [-0.05, 0) is 12.2 Å². The highest BCUT2D eigenvalue weighted by Gasteiger charge is 2.11. The molecule has 1 fully saturated rings. The summed E-state index contributed by atoms with van der Waals surface area (Å²) in [6.45, 7) is 4.63. The van der Waals surface area contributed by atoms with Crippen molar-refractivity contribution in [1.82, 2.24) is 15.1 Å². The van der Waals surface area contributed by atoms with E-state index >= 15 is 0 Å². The molecule has 0 unspecified atom stereocenters. The summed E-state index contributed by atoms with van der Waals surface area (Å²) in [5.41, 5.74) is 5.36. The number of aromatic nitrogens is 2. The highest BCUT2D eigenvalue weighted by molar-refractivity contribution is 7.80. The molecule has 1 aromatic heterocycles. The molecule has 17 heavy (non-hydrogen) atoms. The van der Waals surface area contributed by atoms with Crippen LogP contribution in [0.25, 0.3) is 0 Å². The third kappa shape index (κ3) is 4.15. The quantitative estimate of drug-likeness (QED) is 0.752. The first kappa shape index (κ1) is 12.6. The van der Waals surface area contributed by atoms with Gasteiger partial charge in [0.05, 0.1) is 13.2 Å². The van der Waals surface area contributed by atoms with E-state index in [2.05, 4.69) is 20.4 Å². The number of hydrogen-bond donors (Lipinski definition) is 2. The van der Waals surface area contributed by atoms with Crippen LogP contribution < -0.4 is 11.1 Å². The van der Waals surface area contributed by atoms with E-state index in [1.807, 2.05) is 0 Å². The maximum atomic E-state index is 5.36.